The second-order valence-electron chi connectivity index (χ2n) is 4.90. The highest BCUT2D eigenvalue weighted by atomic mass is 19.1. The van der Waals surface area contributed by atoms with Gasteiger partial charge >= 0.3 is 0 Å². The molecule has 0 bridgehead atoms. The topological polar surface area (TPSA) is 55.4 Å². The van der Waals surface area contributed by atoms with Crippen molar-refractivity contribution >= 4 is 11.8 Å². The van der Waals surface area contributed by atoms with Gasteiger partial charge < -0.3 is 4.74 Å². The number of imide groups is 1. The van der Waals surface area contributed by atoms with E-state index in [-0.39, 0.29) is 24.1 Å². The van der Waals surface area contributed by atoms with Gasteiger partial charge in [0, 0.05) is 18.9 Å². The van der Waals surface area contributed by atoms with E-state index in [4.69, 9.17) is 4.74 Å². The van der Waals surface area contributed by atoms with Gasteiger partial charge in [-0.25, -0.2) is 4.39 Å². The standard InChI is InChI=1S/C14H16FNO3/c1-8(2)10-4-3-9(7-11(10)15)19-12-5-6-13(17)16-14(12)18/h3-4,7-8,12H,5-6H2,1-2H3,(H,16,17,18). The summed E-state index contributed by atoms with van der Waals surface area (Å²) in [6, 6.07) is 4.57. The summed E-state index contributed by atoms with van der Waals surface area (Å²) in [5.74, 6) is -0.725. The fraction of sp³-hybridized carbons (Fsp3) is 0.429. The molecule has 1 N–H and O–H groups in total. The zero-order valence-electron chi connectivity index (χ0n) is 10.9. The molecule has 2 amide bonds. The quantitative estimate of drug-likeness (QED) is 0.852. The molecule has 4 nitrogen and oxygen atoms in total. The molecular formula is C14H16FNO3. The van der Waals surface area contributed by atoms with Crippen LogP contribution in [0.4, 0.5) is 4.39 Å². The molecule has 5 heteroatoms. The van der Waals surface area contributed by atoms with Crippen molar-refractivity contribution in [3.63, 3.8) is 0 Å². The molecule has 102 valence electrons. The predicted octanol–water partition coefficient (Wildman–Crippen LogP) is 2.13. The van der Waals surface area contributed by atoms with Gasteiger partial charge in [0.15, 0.2) is 6.10 Å². The first-order valence-corrected chi connectivity index (χ1v) is 6.27. The molecular weight excluding hydrogens is 249 g/mol. The van der Waals surface area contributed by atoms with Gasteiger partial charge in [-0.3, -0.25) is 14.9 Å². The number of hydrogen-bond donors (Lipinski definition) is 1. The molecule has 0 aliphatic carbocycles. The molecule has 1 heterocycles. The van der Waals surface area contributed by atoms with Crippen molar-refractivity contribution in [2.75, 3.05) is 0 Å². The normalized spacial score (nSPS) is 19.5. The van der Waals surface area contributed by atoms with Gasteiger partial charge in [0.1, 0.15) is 11.6 Å². The molecule has 19 heavy (non-hydrogen) atoms. The summed E-state index contributed by atoms with van der Waals surface area (Å²) in [7, 11) is 0. The first kappa shape index (κ1) is 13.5. The SMILES string of the molecule is CC(C)c1ccc(OC2CCC(=O)NC2=O)cc1F. The maximum absolute atomic E-state index is 13.8. The highest BCUT2D eigenvalue weighted by molar-refractivity contribution is 5.99. The van der Waals surface area contributed by atoms with Gasteiger partial charge in [-0.2, -0.15) is 0 Å². The maximum Gasteiger partial charge on any atom is 0.267 e. The van der Waals surface area contributed by atoms with Gasteiger partial charge in [0.25, 0.3) is 5.91 Å². The van der Waals surface area contributed by atoms with E-state index in [9.17, 15) is 14.0 Å². The third-order valence-corrected chi connectivity index (χ3v) is 3.06. The van der Waals surface area contributed by atoms with Crippen LogP contribution in [0.1, 0.15) is 38.2 Å². The minimum atomic E-state index is -0.734. The Morgan fingerprint density at radius 1 is 1.37 bits per heavy atom. The van der Waals surface area contributed by atoms with Crippen LogP contribution in [-0.4, -0.2) is 17.9 Å². The number of piperidine rings is 1. The molecule has 1 aromatic carbocycles. The third kappa shape index (κ3) is 3.10. The minimum absolute atomic E-state index is 0.0876. The van der Waals surface area contributed by atoms with E-state index >= 15 is 0 Å². The van der Waals surface area contributed by atoms with Crippen LogP contribution < -0.4 is 10.1 Å². The fourth-order valence-electron chi connectivity index (χ4n) is 2.00. The molecule has 0 radical (unpaired) electrons. The molecule has 1 atom stereocenters. The highest BCUT2D eigenvalue weighted by Crippen LogP contribution is 2.24. The highest BCUT2D eigenvalue weighted by Gasteiger charge is 2.28. The van der Waals surface area contributed by atoms with Crippen molar-refractivity contribution in [3.05, 3.63) is 29.6 Å². The van der Waals surface area contributed by atoms with Gasteiger partial charge in [-0.05, 0) is 17.5 Å². The van der Waals surface area contributed by atoms with E-state index in [0.717, 1.165) is 0 Å². The predicted molar refractivity (Wildman–Crippen MR) is 67.3 cm³/mol. The van der Waals surface area contributed by atoms with Gasteiger partial charge in [0.05, 0.1) is 0 Å². The molecule has 0 aromatic heterocycles. The zero-order chi connectivity index (χ0) is 14.0. The molecule has 0 spiro atoms. The second-order valence-corrected chi connectivity index (χ2v) is 4.90. The lowest BCUT2D eigenvalue weighted by Gasteiger charge is -2.22. The third-order valence-electron chi connectivity index (χ3n) is 3.06. The number of hydrogen-bond acceptors (Lipinski definition) is 3. The lowest BCUT2D eigenvalue weighted by molar-refractivity contribution is -0.138. The fourth-order valence-corrected chi connectivity index (χ4v) is 2.00. The van der Waals surface area contributed by atoms with Crippen LogP contribution in [0.5, 0.6) is 5.75 Å². The first-order valence-electron chi connectivity index (χ1n) is 6.27. The molecule has 1 aromatic rings. The summed E-state index contributed by atoms with van der Waals surface area (Å²) in [6.07, 6.45) is -0.178. The Labute approximate surface area is 110 Å². The van der Waals surface area contributed by atoms with Crippen LogP contribution in [0.2, 0.25) is 0 Å². The molecule has 0 saturated carbocycles. The largest absolute Gasteiger partial charge is 0.480 e. The molecule has 2 rings (SSSR count). The summed E-state index contributed by atoms with van der Waals surface area (Å²) in [4.78, 5) is 22.5. The summed E-state index contributed by atoms with van der Waals surface area (Å²) in [6.45, 7) is 3.80. The summed E-state index contributed by atoms with van der Waals surface area (Å²) in [5.41, 5.74) is 0.607. The van der Waals surface area contributed by atoms with E-state index in [1.54, 1.807) is 12.1 Å². The first-order chi connectivity index (χ1) is 8.97. The number of amides is 2. The second kappa shape index (κ2) is 5.38. The molecule has 1 aliphatic rings. The van der Waals surface area contributed by atoms with Crippen molar-refractivity contribution < 1.29 is 18.7 Å². The van der Waals surface area contributed by atoms with Crippen LogP contribution in [0.3, 0.4) is 0 Å². The van der Waals surface area contributed by atoms with Crippen molar-refractivity contribution in [3.8, 4) is 5.75 Å². The Morgan fingerprint density at radius 2 is 2.11 bits per heavy atom. The Balaban J connectivity index is 2.09. The number of rotatable bonds is 3. The Kier molecular flexibility index (Phi) is 3.83. The maximum atomic E-state index is 13.8. The average Bonchev–Trinajstić information content (AvgIpc) is 2.32. The van der Waals surface area contributed by atoms with Crippen molar-refractivity contribution in [2.24, 2.45) is 0 Å². The summed E-state index contributed by atoms with van der Waals surface area (Å²) < 4.78 is 19.2. The van der Waals surface area contributed by atoms with Crippen LogP contribution >= 0.6 is 0 Å². The van der Waals surface area contributed by atoms with E-state index in [2.05, 4.69) is 5.32 Å². The zero-order valence-corrected chi connectivity index (χ0v) is 10.9. The summed E-state index contributed by atoms with van der Waals surface area (Å²) in [5, 5.41) is 2.20. The van der Waals surface area contributed by atoms with Crippen molar-refractivity contribution in [1.82, 2.24) is 5.32 Å². The van der Waals surface area contributed by atoms with Crippen molar-refractivity contribution in [2.45, 2.75) is 38.7 Å². The smallest absolute Gasteiger partial charge is 0.267 e. The molecule has 1 unspecified atom stereocenters. The number of ether oxygens (including phenoxy) is 1. The lowest BCUT2D eigenvalue weighted by Crippen LogP contribution is -2.46. The molecule has 1 saturated heterocycles. The van der Waals surface area contributed by atoms with E-state index < -0.39 is 12.0 Å². The van der Waals surface area contributed by atoms with Crippen LogP contribution in [0.15, 0.2) is 18.2 Å². The van der Waals surface area contributed by atoms with Crippen molar-refractivity contribution in [1.29, 1.82) is 0 Å². The Bertz CT molecular complexity index is 513. The molecule has 1 aliphatic heterocycles. The Morgan fingerprint density at radius 3 is 2.68 bits per heavy atom. The number of nitrogens with one attached hydrogen (secondary N) is 1. The van der Waals surface area contributed by atoms with E-state index in [0.29, 0.717) is 17.7 Å². The van der Waals surface area contributed by atoms with E-state index in [1.807, 2.05) is 13.8 Å². The minimum Gasteiger partial charge on any atom is -0.480 e. The van der Waals surface area contributed by atoms with E-state index in [1.165, 1.54) is 6.07 Å². The monoisotopic (exact) mass is 265 g/mol. The number of benzene rings is 1. The average molecular weight is 265 g/mol. The molecule has 1 fully saturated rings. The van der Waals surface area contributed by atoms with Crippen LogP contribution in [0, 0.1) is 5.82 Å². The van der Waals surface area contributed by atoms with Crippen LogP contribution in [0.25, 0.3) is 0 Å². The number of carbonyl (C=O) groups excluding carboxylic acids is 2. The number of carbonyl (C=O) groups is 2. The van der Waals surface area contributed by atoms with Gasteiger partial charge in [-0.1, -0.05) is 19.9 Å². The number of halogens is 1. The van der Waals surface area contributed by atoms with Gasteiger partial charge in [0.2, 0.25) is 5.91 Å². The van der Waals surface area contributed by atoms with Crippen LogP contribution in [-0.2, 0) is 9.59 Å². The lowest BCUT2D eigenvalue weighted by atomic mass is 10.0. The van der Waals surface area contributed by atoms with Gasteiger partial charge in [-0.15, -0.1) is 0 Å². The Hall–Kier alpha value is -1.91. The summed E-state index contributed by atoms with van der Waals surface area (Å²) >= 11 is 0.